The average Bonchev–Trinajstić information content (AvgIpc) is 2.29. The van der Waals surface area contributed by atoms with E-state index in [1.807, 2.05) is 13.8 Å². The summed E-state index contributed by atoms with van der Waals surface area (Å²) in [5, 5.41) is 2.95. The van der Waals surface area contributed by atoms with E-state index in [4.69, 9.17) is 4.74 Å². The fourth-order valence-corrected chi connectivity index (χ4v) is 2.36. The number of nitrogens with zero attached hydrogens (tertiary/aromatic N) is 1. The molecule has 106 valence electrons. The molecular weight excluding hydrogens is 228 g/mol. The van der Waals surface area contributed by atoms with Gasteiger partial charge in [-0.25, -0.2) is 0 Å². The van der Waals surface area contributed by atoms with Crippen molar-refractivity contribution in [1.29, 1.82) is 0 Å². The van der Waals surface area contributed by atoms with Crippen LogP contribution < -0.4 is 5.32 Å². The second kappa shape index (κ2) is 8.48. The van der Waals surface area contributed by atoms with Gasteiger partial charge in [0.2, 0.25) is 5.91 Å². The topological polar surface area (TPSA) is 41.6 Å². The molecule has 0 aromatic heterocycles. The van der Waals surface area contributed by atoms with Gasteiger partial charge >= 0.3 is 0 Å². The summed E-state index contributed by atoms with van der Waals surface area (Å²) in [5.41, 5.74) is 0. The Morgan fingerprint density at radius 2 is 2.22 bits per heavy atom. The van der Waals surface area contributed by atoms with Crippen LogP contribution in [0.1, 0.15) is 46.5 Å². The lowest BCUT2D eigenvalue weighted by Gasteiger charge is -2.29. The molecule has 0 aromatic carbocycles. The summed E-state index contributed by atoms with van der Waals surface area (Å²) in [5.74, 6) is 0.120. The van der Waals surface area contributed by atoms with Crippen molar-refractivity contribution in [2.45, 2.75) is 58.6 Å². The number of ether oxygens (including phenoxy) is 1. The normalized spacial score (nSPS) is 20.4. The third-order valence-corrected chi connectivity index (χ3v) is 3.09. The molecule has 4 nitrogen and oxygen atoms in total. The molecule has 1 N–H and O–H groups in total. The number of hydrogen-bond acceptors (Lipinski definition) is 3. The first-order chi connectivity index (χ1) is 8.61. The number of rotatable bonds is 7. The highest BCUT2D eigenvalue weighted by Gasteiger charge is 2.19. The molecule has 18 heavy (non-hydrogen) atoms. The molecule has 0 aliphatic carbocycles. The number of carbonyl (C=O) groups is 1. The first-order valence-electron chi connectivity index (χ1n) is 7.25. The zero-order valence-electron chi connectivity index (χ0n) is 12.1. The largest absolute Gasteiger partial charge is 0.377 e. The molecule has 0 radical (unpaired) electrons. The van der Waals surface area contributed by atoms with Gasteiger partial charge in [-0.15, -0.1) is 0 Å². The second-order valence-electron chi connectivity index (χ2n) is 5.45. The first-order valence-corrected chi connectivity index (χ1v) is 7.25. The Morgan fingerprint density at radius 1 is 1.44 bits per heavy atom. The summed E-state index contributed by atoms with van der Waals surface area (Å²) in [4.78, 5) is 14.0. The van der Waals surface area contributed by atoms with Gasteiger partial charge in [0.25, 0.3) is 0 Å². The van der Waals surface area contributed by atoms with Crippen LogP contribution in [0, 0.1) is 0 Å². The maximum absolute atomic E-state index is 11.8. The van der Waals surface area contributed by atoms with E-state index in [2.05, 4.69) is 17.1 Å². The molecule has 0 spiro atoms. The number of amides is 1. The van der Waals surface area contributed by atoms with Crippen molar-refractivity contribution in [2.75, 3.05) is 26.2 Å². The van der Waals surface area contributed by atoms with Gasteiger partial charge in [-0.1, -0.05) is 6.92 Å². The fourth-order valence-electron chi connectivity index (χ4n) is 2.36. The van der Waals surface area contributed by atoms with Crippen LogP contribution in [0.4, 0.5) is 0 Å². The lowest BCUT2D eigenvalue weighted by Crippen LogP contribution is -2.44. The van der Waals surface area contributed by atoms with Gasteiger partial charge < -0.3 is 10.1 Å². The minimum atomic E-state index is 0.120. The molecule has 1 heterocycles. The average molecular weight is 256 g/mol. The highest BCUT2D eigenvalue weighted by atomic mass is 16.5. The lowest BCUT2D eigenvalue weighted by molar-refractivity contribution is -0.123. The molecule has 0 aromatic rings. The predicted octanol–water partition coefficient (Wildman–Crippen LogP) is 1.79. The van der Waals surface area contributed by atoms with E-state index in [9.17, 15) is 4.79 Å². The van der Waals surface area contributed by atoms with Crippen LogP contribution in [-0.4, -0.2) is 49.2 Å². The Hall–Kier alpha value is -0.610. The Balaban J connectivity index is 2.35. The standard InChI is InChI=1S/C14H28N2O2/c1-4-8-16(11-14(17)15-12(2)3)10-13-7-5-6-9-18-13/h12-13H,4-11H2,1-3H3,(H,15,17)/t13-/m0/s1. The number of nitrogens with one attached hydrogen (secondary N) is 1. The van der Waals surface area contributed by atoms with Crippen LogP contribution in [0.2, 0.25) is 0 Å². The van der Waals surface area contributed by atoms with Gasteiger partial charge in [-0.05, 0) is 46.1 Å². The Kier molecular flexibility index (Phi) is 7.28. The van der Waals surface area contributed by atoms with E-state index in [0.29, 0.717) is 12.6 Å². The molecule has 1 amide bonds. The second-order valence-corrected chi connectivity index (χ2v) is 5.45. The fraction of sp³-hybridized carbons (Fsp3) is 0.929. The van der Waals surface area contributed by atoms with E-state index in [0.717, 1.165) is 32.5 Å². The smallest absolute Gasteiger partial charge is 0.234 e. The van der Waals surface area contributed by atoms with Crippen LogP contribution in [0.15, 0.2) is 0 Å². The molecule has 1 rings (SSSR count). The van der Waals surface area contributed by atoms with Crippen LogP contribution in [0.25, 0.3) is 0 Å². The van der Waals surface area contributed by atoms with Gasteiger partial charge in [0.05, 0.1) is 12.6 Å². The van der Waals surface area contributed by atoms with Gasteiger partial charge in [0.1, 0.15) is 0 Å². The molecule has 0 bridgehead atoms. The van der Waals surface area contributed by atoms with E-state index < -0.39 is 0 Å². The number of hydrogen-bond donors (Lipinski definition) is 1. The summed E-state index contributed by atoms with van der Waals surface area (Å²) < 4.78 is 5.74. The SMILES string of the molecule is CCCN(CC(=O)NC(C)C)C[C@@H]1CCCCO1. The van der Waals surface area contributed by atoms with E-state index in [1.54, 1.807) is 0 Å². The van der Waals surface area contributed by atoms with Gasteiger partial charge in [-0.3, -0.25) is 9.69 Å². The van der Waals surface area contributed by atoms with Crippen molar-refractivity contribution in [3.63, 3.8) is 0 Å². The van der Waals surface area contributed by atoms with Crippen LogP contribution in [-0.2, 0) is 9.53 Å². The molecule has 1 atom stereocenters. The van der Waals surface area contributed by atoms with Crippen LogP contribution in [0.3, 0.4) is 0 Å². The quantitative estimate of drug-likeness (QED) is 0.755. The summed E-state index contributed by atoms with van der Waals surface area (Å²) in [7, 11) is 0. The van der Waals surface area contributed by atoms with Crippen molar-refractivity contribution in [3.05, 3.63) is 0 Å². The molecule has 0 unspecified atom stereocenters. The monoisotopic (exact) mass is 256 g/mol. The van der Waals surface area contributed by atoms with E-state index >= 15 is 0 Å². The van der Waals surface area contributed by atoms with Gasteiger partial charge in [-0.2, -0.15) is 0 Å². The molecule has 1 aliphatic heterocycles. The van der Waals surface area contributed by atoms with E-state index in [-0.39, 0.29) is 11.9 Å². The van der Waals surface area contributed by atoms with Crippen LogP contribution >= 0.6 is 0 Å². The molecule has 1 aliphatic rings. The van der Waals surface area contributed by atoms with Crippen molar-refractivity contribution >= 4 is 5.91 Å². The number of carbonyl (C=O) groups excluding carboxylic acids is 1. The minimum Gasteiger partial charge on any atom is -0.377 e. The third-order valence-electron chi connectivity index (χ3n) is 3.09. The van der Waals surface area contributed by atoms with Gasteiger partial charge in [0, 0.05) is 19.2 Å². The molecule has 1 fully saturated rings. The van der Waals surface area contributed by atoms with Crippen molar-refractivity contribution < 1.29 is 9.53 Å². The van der Waals surface area contributed by atoms with E-state index in [1.165, 1.54) is 12.8 Å². The zero-order valence-corrected chi connectivity index (χ0v) is 12.1. The summed E-state index contributed by atoms with van der Waals surface area (Å²) in [6, 6.07) is 0.215. The van der Waals surface area contributed by atoms with Gasteiger partial charge in [0.15, 0.2) is 0 Å². The summed E-state index contributed by atoms with van der Waals surface area (Å²) >= 11 is 0. The Bertz CT molecular complexity index is 238. The highest BCUT2D eigenvalue weighted by molar-refractivity contribution is 5.78. The molecule has 1 saturated heterocycles. The molecule has 4 heteroatoms. The van der Waals surface area contributed by atoms with Crippen LogP contribution in [0.5, 0.6) is 0 Å². The summed E-state index contributed by atoms with van der Waals surface area (Å²) in [6.07, 6.45) is 4.95. The first kappa shape index (κ1) is 15.4. The van der Waals surface area contributed by atoms with Crippen molar-refractivity contribution in [3.8, 4) is 0 Å². The van der Waals surface area contributed by atoms with Crippen molar-refractivity contribution in [1.82, 2.24) is 10.2 Å². The summed E-state index contributed by atoms with van der Waals surface area (Å²) in [6.45, 7) is 9.35. The Labute approximate surface area is 111 Å². The molecular formula is C14H28N2O2. The highest BCUT2D eigenvalue weighted by Crippen LogP contribution is 2.13. The third kappa shape index (κ3) is 6.36. The minimum absolute atomic E-state index is 0.120. The maximum atomic E-state index is 11.8. The maximum Gasteiger partial charge on any atom is 0.234 e. The predicted molar refractivity (Wildman–Crippen MR) is 73.6 cm³/mol. The Morgan fingerprint density at radius 3 is 2.78 bits per heavy atom. The molecule has 0 saturated carbocycles. The lowest BCUT2D eigenvalue weighted by atomic mass is 10.1. The van der Waals surface area contributed by atoms with Crippen molar-refractivity contribution in [2.24, 2.45) is 0 Å². The zero-order chi connectivity index (χ0) is 13.4.